The van der Waals surface area contributed by atoms with Gasteiger partial charge in [0.05, 0.1) is 5.69 Å². The summed E-state index contributed by atoms with van der Waals surface area (Å²) in [5.41, 5.74) is 0.239. The molecule has 0 aliphatic heterocycles. The van der Waals surface area contributed by atoms with Crippen LogP contribution < -0.4 is 11.2 Å². The highest BCUT2D eigenvalue weighted by Crippen LogP contribution is 2.26. The number of aromatic hydroxyl groups is 1. The predicted molar refractivity (Wildman–Crippen MR) is 119 cm³/mol. The van der Waals surface area contributed by atoms with Crippen LogP contribution in [-0.4, -0.2) is 19.3 Å². The lowest BCUT2D eigenvalue weighted by Gasteiger charge is -2.12. The molecular weight excluding hydrogens is 433 g/mol. The largest absolute Gasteiger partial charge is 0.494 e. The third-order valence-electron chi connectivity index (χ3n) is 4.19. The summed E-state index contributed by atoms with van der Waals surface area (Å²) in [6, 6.07) is 14.1. The van der Waals surface area contributed by atoms with Gasteiger partial charge in [-0.25, -0.2) is 9.79 Å². The third kappa shape index (κ3) is 4.75. The molecule has 0 atom stereocenters. The van der Waals surface area contributed by atoms with Crippen LogP contribution in [0.2, 0.25) is 10.0 Å². The molecule has 0 fully saturated rings. The maximum Gasteiger partial charge on any atom is 0.333 e. The molecule has 2 aromatic carbocycles. The Morgan fingerprint density at radius 3 is 2.10 bits per heavy atom. The first-order valence-electron chi connectivity index (χ1n) is 8.48. The van der Waals surface area contributed by atoms with Gasteiger partial charge < -0.3 is 5.11 Å². The molecule has 0 saturated carbocycles. The van der Waals surface area contributed by atoms with Gasteiger partial charge in [0.2, 0.25) is 5.88 Å². The molecule has 1 N–H and O–H groups in total. The van der Waals surface area contributed by atoms with E-state index in [1.165, 1.54) is 25.9 Å². The van der Waals surface area contributed by atoms with E-state index in [9.17, 15) is 14.7 Å². The van der Waals surface area contributed by atoms with Crippen LogP contribution in [0.1, 0.15) is 11.1 Å². The summed E-state index contributed by atoms with van der Waals surface area (Å²) in [6.07, 6.45) is 0. The summed E-state index contributed by atoms with van der Waals surface area (Å²) in [7, 11) is 2.75. The Morgan fingerprint density at radius 1 is 0.966 bits per heavy atom. The van der Waals surface area contributed by atoms with Crippen LogP contribution >= 0.6 is 35.0 Å². The van der Waals surface area contributed by atoms with E-state index < -0.39 is 17.1 Å². The van der Waals surface area contributed by atoms with Crippen LogP contribution in [0.25, 0.3) is 0 Å². The summed E-state index contributed by atoms with van der Waals surface area (Å²) in [5, 5.41) is 12.0. The number of aliphatic imine (C=N–C) groups is 1. The van der Waals surface area contributed by atoms with Gasteiger partial charge in [-0.15, -0.1) is 11.8 Å². The highest BCUT2D eigenvalue weighted by atomic mass is 35.5. The van der Waals surface area contributed by atoms with Crippen LogP contribution in [0, 0.1) is 0 Å². The summed E-state index contributed by atoms with van der Waals surface area (Å²) in [4.78, 5) is 29.4. The standard InChI is InChI=1S/C20H17Cl2N3O3S/c1-24-18(26)16(19(27)25(2)20(24)28)17(23-15-9-7-14(22)8-10-15)29-11-12-3-5-13(21)6-4-12/h3-10,26H,11H2,1-2H3. The van der Waals surface area contributed by atoms with Crippen LogP contribution in [0.15, 0.2) is 63.1 Å². The van der Waals surface area contributed by atoms with Crippen molar-refractivity contribution in [1.82, 2.24) is 9.13 Å². The zero-order valence-corrected chi connectivity index (χ0v) is 17.9. The molecule has 0 unspecified atom stereocenters. The fourth-order valence-electron chi connectivity index (χ4n) is 2.55. The molecule has 0 saturated heterocycles. The van der Waals surface area contributed by atoms with Gasteiger partial charge >= 0.3 is 5.69 Å². The lowest BCUT2D eigenvalue weighted by molar-refractivity contribution is 0.410. The molecule has 0 aliphatic rings. The number of halogens is 2. The van der Waals surface area contributed by atoms with E-state index in [0.717, 1.165) is 14.7 Å². The number of benzene rings is 2. The molecule has 0 aliphatic carbocycles. The number of hydrogen-bond donors (Lipinski definition) is 1. The Labute approximate surface area is 181 Å². The van der Waals surface area contributed by atoms with Gasteiger partial charge in [-0.3, -0.25) is 13.9 Å². The van der Waals surface area contributed by atoms with E-state index in [-0.39, 0.29) is 10.6 Å². The fourth-order valence-corrected chi connectivity index (χ4v) is 3.79. The highest BCUT2D eigenvalue weighted by Gasteiger charge is 2.21. The Bertz CT molecular complexity index is 1180. The lowest BCUT2D eigenvalue weighted by Crippen LogP contribution is -2.39. The second-order valence-corrected chi connectivity index (χ2v) is 8.05. The summed E-state index contributed by atoms with van der Waals surface area (Å²) < 4.78 is 1.95. The van der Waals surface area contributed by atoms with Crippen LogP contribution in [-0.2, 0) is 19.8 Å². The van der Waals surface area contributed by atoms with E-state index in [2.05, 4.69) is 4.99 Å². The zero-order valence-electron chi connectivity index (χ0n) is 15.6. The number of aromatic nitrogens is 2. The van der Waals surface area contributed by atoms with Gasteiger partial charge in [-0.05, 0) is 42.0 Å². The smallest absolute Gasteiger partial charge is 0.333 e. The van der Waals surface area contributed by atoms with Gasteiger partial charge in [0.15, 0.2) is 0 Å². The molecule has 9 heteroatoms. The van der Waals surface area contributed by atoms with Crippen LogP contribution in [0.4, 0.5) is 5.69 Å². The van der Waals surface area contributed by atoms with E-state index in [1.807, 2.05) is 12.1 Å². The third-order valence-corrected chi connectivity index (χ3v) is 5.74. The quantitative estimate of drug-likeness (QED) is 0.480. The zero-order chi connectivity index (χ0) is 21.1. The molecule has 0 amide bonds. The van der Waals surface area contributed by atoms with E-state index in [1.54, 1.807) is 36.4 Å². The maximum absolute atomic E-state index is 12.8. The average Bonchev–Trinajstić information content (AvgIpc) is 2.71. The second-order valence-electron chi connectivity index (χ2n) is 6.21. The Morgan fingerprint density at radius 2 is 1.52 bits per heavy atom. The first-order chi connectivity index (χ1) is 13.8. The van der Waals surface area contributed by atoms with Gasteiger partial charge in [0, 0.05) is 29.9 Å². The highest BCUT2D eigenvalue weighted by molar-refractivity contribution is 8.13. The molecule has 3 aromatic rings. The Kier molecular flexibility index (Phi) is 6.52. The van der Waals surface area contributed by atoms with Crippen molar-refractivity contribution in [2.45, 2.75) is 5.75 Å². The number of nitrogens with zero attached hydrogens (tertiary/aromatic N) is 3. The Hall–Kier alpha value is -2.48. The molecule has 150 valence electrons. The summed E-state index contributed by atoms with van der Waals surface area (Å²) in [5.74, 6) is 0.0455. The Balaban J connectivity index is 2.10. The molecule has 0 radical (unpaired) electrons. The molecule has 3 rings (SSSR count). The predicted octanol–water partition coefficient (Wildman–Crippen LogP) is 4.11. The molecule has 0 bridgehead atoms. The summed E-state index contributed by atoms with van der Waals surface area (Å²) >= 11 is 13.1. The monoisotopic (exact) mass is 449 g/mol. The van der Waals surface area contributed by atoms with Crippen molar-refractivity contribution in [3.8, 4) is 5.88 Å². The second kappa shape index (κ2) is 8.90. The first kappa shape index (κ1) is 21.2. The van der Waals surface area contributed by atoms with Crippen molar-refractivity contribution in [1.29, 1.82) is 0 Å². The van der Waals surface area contributed by atoms with Gasteiger partial charge in [0.25, 0.3) is 5.56 Å². The topological polar surface area (TPSA) is 76.6 Å². The van der Waals surface area contributed by atoms with Crippen molar-refractivity contribution in [2.75, 3.05) is 0 Å². The fraction of sp³-hybridized carbons (Fsp3) is 0.150. The summed E-state index contributed by atoms with van der Waals surface area (Å²) in [6.45, 7) is 0. The molecular formula is C20H17Cl2N3O3S. The van der Waals surface area contributed by atoms with Gasteiger partial charge in [0.1, 0.15) is 10.6 Å². The van der Waals surface area contributed by atoms with Crippen molar-refractivity contribution in [3.05, 3.63) is 90.5 Å². The van der Waals surface area contributed by atoms with Gasteiger partial charge in [-0.2, -0.15) is 0 Å². The van der Waals surface area contributed by atoms with Crippen LogP contribution in [0.3, 0.4) is 0 Å². The molecule has 1 aromatic heterocycles. The molecule has 0 spiro atoms. The van der Waals surface area contributed by atoms with E-state index in [4.69, 9.17) is 23.2 Å². The van der Waals surface area contributed by atoms with Crippen LogP contribution in [0.5, 0.6) is 5.88 Å². The maximum atomic E-state index is 12.8. The molecule has 6 nitrogen and oxygen atoms in total. The van der Waals surface area contributed by atoms with Crippen molar-refractivity contribution >= 4 is 45.7 Å². The van der Waals surface area contributed by atoms with Crippen molar-refractivity contribution in [3.63, 3.8) is 0 Å². The number of hydrogen-bond acceptors (Lipinski definition) is 5. The van der Waals surface area contributed by atoms with E-state index >= 15 is 0 Å². The van der Waals surface area contributed by atoms with Crippen molar-refractivity contribution in [2.24, 2.45) is 19.1 Å². The van der Waals surface area contributed by atoms with Crippen molar-refractivity contribution < 1.29 is 5.11 Å². The van der Waals surface area contributed by atoms with E-state index in [0.29, 0.717) is 21.5 Å². The average molecular weight is 450 g/mol. The molecule has 29 heavy (non-hydrogen) atoms. The minimum atomic E-state index is -0.623. The number of rotatable bonds is 4. The van der Waals surface area contributed by atoms with Gasteiger partial charge in [-0.1, -0.05) is 35.3 Å². The first-order valence-corrected chi connectivity index (χ1v) is 10.2. The minimum absolute atomic E-state index is 0.0384. The molecule has 1 heterocycles. The normalized spacial score (nSPS) is 11.7. The minimum Gasteiger partial charge on any atom is -0.494 e. The lowest BCUT2D eigenvalue weighted by atomic mass is 10.2. The number of thioether (sulfide) groups is 1. The SMILES string of the molecule is Cn1c(O)c(C(=Nc2ccc(Cl)cc2)SCc2ccc(Cl)cc2)c(=O)n(C)c1=O.